The number of amides is 1. The molecular weight excluding hydrogens is 184 g/mol. The first kappa shape index (κ1) is 9.67. The smallest absolute Gasteiger partial charge is 0.221 e. The van der Waals surface area contributed by atoms with E-state index in [1.165, 1.54) is 6.92 Å². The van der Waals surface area contributed by atoms with Gasteiger partial charge in [0.05, 0.1) is 0 Å². The molecule has 0 atom stereocenters. The summed E-state index contributed by atoms with van der Waals surface area (Å²) in [6, 6.07) is 7.20. The molecule has 2 N–H and O–H groups in total. The van der Waals surface area contributed by atoms with E-state index in [4.69, 9.17) is 0 Å². The van der Waals surface area contributed by atoms with Gasteiger partial charge in [0, 0.05) is 18.3 Å². The van der Waals surface area contributed by atoms with E-state index in [9.17, 15) is 4.79 Å². The van der Waals surface area contributed by atoms with Gasteiger partial charge in [0.25, 0.3) is 0 Å². The highest BCUT2D eigenvalue weighted by molar-refractivity contribution is 7.79. The lowest BCUT2D eigenvalue weighted by Crippen LogP contribution is -2.05. The molecule has 1 rings (SSSR count). The van der Waals surface area contributed by atoms with Crippen LogP contribution in [-0.4, -0.2) is 11.4 Å². The van der Waals surface area contributed by atoms with E-state index in [-0.39, 0.29) is 5.91 Å². The van der Waals surface area contributed by atoms with Crippen LogP contribution in [0.5, 0.6) is 0 Å². The highest BCUT2D eigenvalue weighted by Gasteiger charge is 1.94. The maximum atomic E-state index is 10.7. The van der Waals surface area contributed by atoms with Gasteiger partial charge in [-0.05, 0) is 24.3 Å². The Morgan fingerprint density at radius 1 is 1.31 bits per heavy atom. The second kappa shape index (κ2) is 4.57. The van der Waals surface area contributed by atoms with Crippen LogP contribution < -0.4 is 10.6 Å². The molecule has 0 bridgehead atoms. The third-order valence-electron chi connectivity index (χ3n) is 1.40. The summed E-state index contributed by atoms with van der Waals surface area (Å²) >= 11 is 4.51. The molecule has 0 aliphatic rings. The van der Waals surface area contributed by atoms with E-state index >= 15 is 0 Å². The number of nitrogens with one attached hydrogen (secondary N) is 2. The maximum absolute atomic E-state index is 10.7. The van der Waals surface area contributed by atoms with Crippen molar-refractivity contribution in [2.75, 3.05) is 10.6 Å². The van der Waals surface area contributed by atoms with Crippen molar-refractivity contribution >= 4 is 35.0 Å². The fourth-order valence-corrected chi connectivity index (χ4v) is 1.02. The SMILES string of the molecule is CC(=O)Nc1ccc(N[C]=S)cc1. The molecule has 1 radical (unpaired) electrons. The van der Waals surface area contributed by atoms with E-state index in [0.717, 1.165) is 11.4 Å². The number of anilines is 2. The first-order valence-electron chi connectivity index (χ1n) is 3.73. The molecule has 3 nitrogen and oxygen atoms in total. The number of thiocarbonyl (C=S) groups is 1. The molecular formula is C9H9N2OS. The highest BCUT2D eigenvalue weighted by Crippen LogP contribution is 2.12. The summed E-state index contributed by atoms with van der Waals surface area (Å²) in [4.78, 5) is 10.7. The molecule has 0 saturated carbocycles. The molecule has 1 aromatic rings. The molecule has 0 aliphatic carbocycles. The standard InChI is InChI=1S/C9H9N2OS/c1-7(12)11-9-4-2-8(3-5-9)10-6-13/h2-5H,1H3,(H,10,13)(H,11,12). The molecule has 0 fully saturated rings. The zero-order valence-corrected chi connectivity index (χ0v) is 7.94. The van der Waals surface area contributed by atoms with Crippen LogP contribution in [0.3, 0.4) is 0 Å². The number of rotatable bonds is 3. The molecule has 0 aromatic heterocycles. The van der Waals surface area contributed by atoms with Crippen LogP contribution >= 0.6 is 12.2 Å². The lowest BCUT2D eigenvalue weighted by Gasteiger charge is -2.02. The van der Waals surface area contributed by atoms with Crippen molar-refractivity contribution in [2.45, 2.75) is 6.92 Å². The molecule has 0 spiro atoms. The Kier molecular flexibility index (Phi) is 3.40. The van der Waals surface area contributed by atoms with Crippen LogP contribution in [0.4, 0.5) is 11.4 Å². The predicted octanol–water partition coefficient (Wildman–Crippen LogP) is 1.89. The molecule has 0 unspecified atom stereocenters. The molecule has 1 aromatic carbocycles. The lowest BCUT2D eigenvalue weighted by molar-refractivity contribution is -0.114. The Balaban J connectivity index is 2.69. The van der Waals surface area contributed by atoms with Gasteiger partial charge < -0.3 is 10.6 Å². The normalized spacial score (nSPS) is 9.00. The minimum atomic E-state index is -0.0814. The summed E-state index contributed by atoms with van der Waals surface area (Å²) in [5.74, 6) is -0.0814. The van der Waals surface area contributed by atoms with Crippen molar-refractivity contribution < 1.29 is 4.79 Å². The van der Waals surface area contributed by atoms with Crippen LogP contribution in [0.1, 0.15) is 6.92 Å². The number of hydrogen-bond acceptors (Lipinski definition) is 2. The molecule has 13 heavy (non-hydrogen) atoms. The second-order valence-electron chi connectivity index (χ2n) is 2.49. The largest absolute Gasteiger partial charge is 0.344 e. The summed E-state index contributed by atoms with van der Waals surface area (Å²) in [7, 11) is 0. The van der Waals surface area contributed by atoms with Crippen molar-refractivity contribution in [3.8, 4) is 0 Å². The van der Waals surface area contributed by atoms with E-state index in [1.807, 2.05) is 12.1 Å². The van der Waals surface area contributed by atoms with E-state index < -0.39 is 0 Å². The summed E-state index contributed by atoms with van der Waals surface area (Å²) in [5, 5.41) is 5.40. The summed E-state index contributed by atoms with van der Waals surface area (Å²) in [6.45, 7) is 1.47. The first-order valence-corrected chi connectivity index (χ1v) is 4.14. The Bertz CT molecular complexity index is 308. The Morgan fingerprint density at radius 2 is 1.85 bits per heavy atom. The fraction of sp³-hybridized carbons (Fsp3) is 0.111. The molecule has 0 saturated heterocycles. The minimum Gasteiger partial charge on any atom is -0.344 e. The zero-order chi connectivity index (χ0) is 9.68. The Morgan fingerprint density at radius 3 is 2.31 bits per heavy atom. The molecule has 0 aliphatic heterocycles. The minimum absolute atomic E-state index is 0.0814. The van der Waals surface area contributed by atoms with E-state index in [0.29, 0.717) is 0 Å². The first-order chi connectivity index (χ1) is 6.22. The molecule has 1 amide bonds. The van der Waals surface area contributed by atoms with Crippen molar-refractivity contribution in [3.05, 3.63) is 24.3 Å². The third kappa shape index (κ3) is 3.21. The molecule has 0 heterocycles. The Labute approximate surface area is 82.1 Å². The van der Waals surface area contributed by atoms with Crippen LogP contribution in [-0.2, 0) is 4.79 Å². The van der Waals surface area contributed by atoms with Gasteiger partial charge in [-0.3, -0.25) is 4.79 Å². The van der Waals surface area contributed by atoms with Crippen LogP contribution in [0, 0.1) is 0 Å². The van der Waals surface area contributed by atoms with Gasteiger partial charge in [-0.2, -0.15) is 0 Å². The number of benzene rings is 1. The highest BCUT2D eigenvalue weighted by atomic mass is 32.1. The lowest BCUT2D eigenvalue weighted by atomic mass is 10.3. The van der Waals surface area contributed by atoms with Crippen LogP contribution in [0.15, 0.2) is 24.3 Å². The average Bonchev–Trinajstić information content (AvgIpc) is 2.08. The molecule has 4 heteroatoms. The summed E-state index contributed by atoms with van der Waals surface area (Å²) in [6.07, 6.45) is 0. The van der Waals surface area contributed by atoms with Gasteiger partial charge >= 0.3 is 0 Å². The monoisotopic (exact) mass is 193 g/mol. The van der Waals surface area contributed by atoms with Gasteiger partial charge in [-0.1, -0.05) is 12.2 Å². The van der Waals surface area contributed by atoms with Gasteiger partial charge in [0.15, 0.2) is 0 Å². The van der Waals surface area contributed by atoms with Crippen molar-refractivity contribution in [1.82, 2.24) is 0 Å². The van der Waals surface area contributed by atoms with Crippen molar-refractivity contribution in [3.63, 3.8) is 0 Å². The van der Waals surface area contributed by atoms with Gasteiger partial charge in [-0.25, -0.2) is 0 Å². The second-order valence-corrected chi connectivity index (χ2v) is 2.69. The van der Waals surface area contributed by atoms with Gasteiger partial charge in [-0.15, -0.1) is 0 Å². The van der Waals surface area contributed by atoms with Gasteiger partial charge in [0.1, 0.15) is 5.49 Å². The van der Waals surface area contributed by atoms with E-state index in [1.54, 1.807) is 12.1 Å². The zero-order valence-electron chi connectivity index (χ0n) is 7.13. The predicted molar refractivity (Wildman–Crippen MR) is 57.0 cm³/mol. The fourth-order valence-electron chi connectivity index (χ4n) is 0.899. The van der Waals surface area contributed by atoms with Crippen molar-refractivity contribution in [2.24, 2.45) is 0 Å². The van der Waals surface area contributed by atoms with E-state index in [2.05, 4.69) is 28.3 Å². The average molecular weight is 193 g/mol. The molecule has 67 valence electrons. The maximum Gasteiger partial charge on any atom is 0.221 e. The van der Waals surface area contributed by atoms with Crippen LogP contribution in [0.25, 0.3) is 0 Å². The topological polar surface area (TPSA) is 41.1 Å². The quantitative estimate of drug-likeness (QED) is 0.569. The number of carbonyl (C=O) groups is 1. The number of carbonyl (C=O) groups excluding carboxylic acids is 1. The third-order valence-corrected chi connectivity index (χ3v) is 1.50. The Hall–Kier alpha value is -1.42. The summed E-state index contributed by atoms with van der Waals surface area (Å²) < 4.78 is 0. The summed E-state index contributed by atoms with van der Waals surface area (Å²) in [5.41, 5.74) is 4.01. The van der Waals surface area contributed by atoms with Crippen molar-refractivity contribution in [1.29, 1.82) is 0 Å². The number of hydrogen-bond donors (Lipinski definition) is 2. The van der Waals surface area contributed by atoms with Crippen LogP contribution in [0.2, 0.25) is 0 Å². The van der Waals surface area contributed by atoms with Gasteiger partial charge in [0.2, 0.25) is 5.91 Å².